The summed E-state index contributed by atoms with van der Waals surface area (Å²) >= 11 is 0. The van der Waals surface area contributed by atoms with Crippen LogP contribution in [0, 0.1) is 12.7 Å². The monoisotopic (exact) mass is 382 g/mol. The molecule has 0 spiro atoms. The molecule has 0 aliphatic rings. The number of pyridine rings is 1. The Morgan fingerprint density at radius 2 is 1.83 bits per heavy atom. The highest BCUT2D eigenvalue weighted by atomic mass is 19.1. The van der Waals surface area contributed by atoms with Crippen molar-refractivity contribution in [1.29, 1.82) is 0 Å². The van der Waals surface area contributed by atoms with E-state index >= 15 is 0 Å². The van der Waals surface area contributed by atoms with Gasteiger partial charge in [-0.15, -0.1) is 0 Å². The number of halogens is 1. The third kappa shape index (κ3) is 3.90. The van der Waals surface area contributed by atoms with Gasteiger partial charge in [0.25, 0.3) is 0 Å². The molecule has 4 rings (SSSR count). The van der Waals surface area contributed by atoms with Gasteiger partial charge in [-0.2, -0.15) is 0 Å². The van der Waals surface area contributed by atoms with Gasteiger partial charge in [-0.25, -0.2) is 9.37 Å². The first-order chi connectivity index (χ1) is 14.0. The Bertz CT molecular complexity index is 1210. The van der Waals surface area contributed by atoms with Crippen LogP contribution < -0.4 is 5.32 Å². The molecule has 0 saturated heterocycles. The van der Waals surface area contributed by atoms with E-state index in [1.165, 1.54) is 11.6 Å². The van der Waals surface area contributed by atoms with Gasteiger partial charge in [0, 0.05) is 22.8 Å². The van der Waals surface area contributed by atoms with Gasteiger partial charge >= 0.3 is 0 Å². The van der Waals surface area contributed by atoms with Crippen LogP contribution in [0.4, 0.5) is 10.2 Å². The fourth-order valence-electron chi connectivity index (χ4n) is 3.63. The lowest BCUT2D eigenvalue weighted by molar-refractivity contribution is 0.628. The molecule has 0 bridgehead atoms. The summed E-state index contributed by atoms with van der Waals surface area (Å²) in [5.74, 6) is 0.525. The summed E-state index contributed by atoms with van der Waals surface area (Å²) in [6.07, 6.45) is 2.79. The van der Waals surface area contributed by atoms with E-state index < -0.39 is 0 Å². The Kier molecular flexibility index (Phi) is 5.13. The maximum Gasteiger partial charge on any atom is 0.130 e. The summed E-state index contributed by atoms with van der Waals surface area (Å²) in [6, 6.07) is 21.3. The fourth-order valence-corrected chi connectivity index (χ4v) is 3.63. The largest absolute Gasteiger partial charge is 0.340 e. The van der Waals surface area contributed by atoms with Crippen molar-refractivity contribution in [3.8, 4) is 11.1 Å². The zero-order chi connectivity index (χ0) is 20.4. The van der Waals surface area contributed by atoms with Crippen molar-refractivity contribution in [2.24, 2.45) is 0 Å². The number of nitrogens with zero attached hydrogens (tertiary/aromatic N) is 1. The zero-order valence-corrected chi connectivity index (χ0v) is 16.7. The van der Waals surface area contributed by atoms with Crippen molar-refractivity contribution < 1.29 is 4.39 Å². The van der Waals surface area contributed by atoms with E-state index in [2.05, 4.69) is 42.0 Å². The van der Waals surface area contributed by atoms with Crippen LogP contribution in [0.25, 0.3) is 27.6 Å². The number of hydrogen-bond acceptors (Lipinski definition) is 2. The molecule has 0 aliphatic carbocycles. The van der Waals surface area contributed by atoms with Crippen LogP contribution in [0.3, 0.4) is 0 Å². The molecule has 0 radical (unpaired) electrons. The minimum Gasteiger partial charge on any atom is -0.340 e. The second-order valence-electron chi connectivity index (χ2n) is 7.20. The van der Waals surface area contributed by atoms with Gasteiger partial charge < -0.3 is 5.32 Å². The van der Waals surface area contributed by atoms with E-state index in [9.17, 15) is 4.39 Å². The van der Waals surface area contributed by atoms with Crippen LogP contribution in [0.15, 0.2) is 79.5 Å². The van der Waals surface area contributed by atoms with Gasteiger partial charge in [0.1, 0.15) is 11.6 Å². The van der Waals surface area contributed by atoms with Crippen molar-refractivity contribution in [3.63, 3.8) is 0 Å². The highest BCUT2D eigenvalue weighted by Gasteiger charge is 2.08. The third-order valence-electron chi connectivity index (χ3n) is 5.23. The Morgan fingerprint density at radius 3 is 2.66 bits per heavy atom. The lowest BCUT2D eigenvalue weighted by atomic mass is 9.98. The molecular formula is C26H23FN2. The molecule has 0 aliphatic heterocycles. The van der Waals surface area contributed by atoms with Crippen LogP contribution >= 0.6 is 0 Å². The average molecular weight is 382 g/mol. The number of benzene rings is 3. The molecule has 0 saturated carbocycles. The molecule has 2 nitrogen and oxygen atoms in total. The molecule has 0 fully saturated rings. The van der Waals surface area contributed by atoms with Crippen molar-refractivity contribution in [2.75, 3.05) is 5.32 Å². The van der Waals surface area contributed by atoms with E-state index in [1.807, 2.05) is 43.5 Å². The normalized spacial score (nSPS) is 10.9. The van der Waals surface area contributed by atoms with Gasteiger partial charge in [-0.3, -0.25) is 0 Å². The van der Waals surface area contributed by atoms with Gasteiger partial charge in [0.05, 0.1) is 0 Å². The number of nitrogens with one attached hydrogen (secondary N) is 1. The Labute approximate surface area is 170 Å². The molecule has 144 valence electrons. The van der Waals surface area contributed by atoms with Gasteiger partial charge in [-0.1, -0.05) is 56.0 Å². The van der Waals surface area contributed by atoms with E-state index in [1.54, 1.807) is 12.1 Å². The molecule has 0 amide bonds. The minimum absolute atomic E-state index is 0.228. The first-order valence-electron chi connectivity index (χ1n) is 9.75. The van der Waals surface area contributed by atoms with Crippen LogP contribution in [0.5, 0.6) is 0 Å². The van der Waals surface area contributed by atoms with E-state index in [4.69, 9.17) is 0 Å². The Hall–Kier alpha value is -3.46. The molecule has 4 aromatic rings. The summed E-state index contributed by atoms with van der Waals surface area (Å²) in [7, 11) is 0. The summed E-state index contributed by atoms with van der Waals surface area (Å²) in [5.41, 5.74) is 6.12. The summed E-state index contributed by atoms with van der Waals surface area (Å²) < 4.78 is 13.7. The van der Waals surface area contributed by atoms with E-state index in [0.29, 0.717) is 0 Å². The van der Waals surface area contributed by atoms with E-state index in [-0.39, 0.29) is 5.82 Å². The smallest absolute Gasteiger partial charge is 0.130 e. The Balaban J connectivity index is 1.63. The molecule has 0 atom stereocenters. The summed E-state index contributed by atoms with van der Waals surface area (Å²) in [6.45, 7) is 8.32. The van der Waals surface area contributed by atoms with Crippen molar-refractivity contribution in [3.05, 3.63) is 102 Å². The topological polar surface area (TPSA) is 24.9 Å². The highest BCUT2D eigenvalue weighted by molar-refractivity contribution is 5.90. The molecule has 1 heterocycles. The number of fused-ring (bicyclic) bond motifs is 1. The number of hydrogen-bond donors (Lipinski definition) is 1. The summed E-state index contributed by atoms with van der Waals surface area (Å²) in [5, 5.41) is 5.41. The molecule has 3 heteroatoms. The highest BCUT2D eigenvalue weighted by Crippen LogP contribution is 2.29. The molecule has 1 aromatic heterocycles. The van der Waals surface area contributed by atoms with Gasteiger partial charge in [0.15, 0.2) is 0 Å². The van der Waals surface area contributed by atoms with Crippen LogP contribution in [0.2, 0.25) is 0 Å². The first kappa shape index (κ1) is 18.9. The average Bonchev–Trinajstić information content (AvgIpc) is 2.75. The number of rotatable bonds is 5. The van der Waals surface area contributed by atoms with Crippen molar-refractivity contribution >= 4 is 22.3 Å². The maximum atomic E-state index is 13.7. The predicted octanol–water partition coefficient (Wildman–Crippen LogP) is 6.99. The quantitative estimate of drug-likeness (QED) is 0.402. The number of anilines is 1. The van der Waals surface area contributed by atoms with E-state index in [0.717, 1.165) is 51.0 Å². The maximum absolute atomic E-state index is 13.7. The lowest BCUT2D eigenvalue weighted by Crippen LogP contribution is -2.02. The standard InChI is InChI=1S/C26H23FN2/c1-4-19-7-5-6-8-24(19)18(3)29-26-14-20-10-11-21(13-22(20)16-28-26)25-15-23(27)12-9-17(25)2/h5-16H,3-4H2,1-2H3,(H,28,29). The predicted molar refractivity (Wildman–Crippen MR) is 120 cm³/mol. The summed E-state index contributed by atoms with van der Waals surface area (Å²) in [4.78, 5) is 4.56. The molecule has 0 unspecified atom stereocenters. The third-order valence-corrected chi connectivity index (χ3v) is 5.23. The number of aryl methyl sites for hydroxylation is 2. The van der Waals surface area contributed by atoms with Gasteiger partial charge in [-0.05, 0) is 65.3 Å². The SMILES string of the molecule is C=C(Nc1cc2ccc(-c3cc(F)ccc3C)cc2cn1)c1ccccc1CC. The second-order valence-corrected chi connectivity index (χ2v) is 7.20. The minimum atomic E-state index is -0.228. The zero-order valence-electron chi connectivity index (χ0n) is 16.7. The second kappa shape index (κ2) is 7.88. The first-order valence-corrected chi connectivity index (χ1v) is 9.75. The fraction of sp³-hybridized carbons (Fsp3) is 0.115. The molecule has 1 N–H and O–H groups in total. The van der Waals surface area contributed by atoms with Crippen molar-refractivity contribution in [2.45, 2.75) is 20.3 Å². The molecule has 3 aromatic carbocycles. The van der Waals surface area contributed by atoms with Crippen LogP contribution in [-0.2, 0) is 6.42 Å². The van der Waals surface area contributed by atoms with Crippen molar-refractivity contribution in [1.82, 2.24) is 4.98 Å². The van der Waals surface area contributed by atoms with Crippen LogP contribution in [0.1, 0.15) is 23.6 Å². The molecular weight excluding hydrogens is 359 g/mol. The number of aromatic nitrogens is 1. The molecule has 29 heavy (non-hydrogen) atoms. The lowest BCUT2D eigenvalue weighted by Gasteiger charge is -2.13. The Morgan fingerprint density at radius 1 is 1.00 bits per heavy atom. The van der Waals surface area contributed by atoms with Gasteiger partial charge in [0.2, 0.25) is 0 Å². The van der Waals surface area contributed by atoms with Crippen LogP contribution in [-0.4, -0.2) is 4.98 Å².